The Balaban J connectivity index is 1.26. The van der Waals surface area contributed by atoms with Crippen LogP contribution in [0.25, 0.3) is 83.9 Å². The lowest BCUT2D eigenvalue weighted by Gasteiger charge is -2.13. The molecule has 2 aromatic heterocycles. The molecule has 0 fully saturated rings. The van der Waals surface area contributed by atoms with Gasteiger partial charge in [-0.05, 0) is 89.0 Å². The molecule has 0 bridgehead atoms. The van der Waals surface area contributed by atoms with Crippen LogP contribution < -0.4 is 0 Å². The van der Waals surface area contributed by atoms with Gasteiger partial charge >= 0.3 is 0 Å². The van der Waals surface area contributed by atoms with Crippen LogP contribution >= 0.6 is 0 Å². The van der Waals surface area contributed by atoms with Crippen molar-refractivity contribution in [2.24, 2.45) is 0 Å². The second-order valence-corrected chi connectivity index (χ2v) is 13.1. The SMILES string of the molecule is N#Cc1ccc(-c2ccc3c(c2)c2cc(-c4ccc(C#N)cc4)ccc2n3-c2ccc(C#N)c(-c3nc(-c4ccccc4)nc(-c4ccccc4)n3)c2)cc1. The maximum atomic E-state index is 10.4. The first kappa shape index (κ1) is 32.7. The number of nitrogens with zero attached hydrogens (tertiary/aromatic N) is 7. The molecule has 9 aromatic rings. The maximum Gasteiger partial charge on any atom is 0.165 e. The standard InChI is InChI=1S/C48H27N7/c49-28-31-11-15-33(16-12-31)37-20-23-44-42(25-37)43-26-38(34-17-13-32(29-50)14-18-34)21-24-45(43)55(44)40-22-19-39(30-51)41(27-40)48-53-46(35-7-3-1-4-8-35)52-47(54-48)36-9-5-2-6-10-36/h1-27H. The van der Waals surface area contributed by atoms with Crippen molar-refractivity contribution in [3.8, 4) is 80.3 Å². The summed E-state index contributed by atoms with van der Waals surface area (Å²) in [6.45, 7) is 0. The van der Waals surface area contributed by atoms with Gasteiger partial charge in [0, 0.05) is 33.2 Å². The van der Waals surface area contributed by atoms with E-state index in [1.165, 1.54) is 0 Å². The lowest BCUT2D eigenvalue weighted by molar-refractivity contribution is 1.07. The number of hydrogen-bond donors (Lipinski definition) is 0. The smallest absolute Gasteiger partial charge is 0.165 e. The predicted octanol–water partition coefficient (Wildman–Crippen LogP) is 10.9. The highest BCUT2D eigenvalue weighted by molar-refractivity contribution is 6.11. The van der Waals surface area contributed by atoms with E-state index in [-0.39, 0.29) is 0 Å². The van der Waals surface area contributed by atoms with Crippen molar-refractivity contribution in [3.63, 3.8) is 0 Å². The van der Waals surface area contributed by atoms with Gasteiger partial charge < -0.3 is 4.57 Å². The highest BCUT2D eigenvalue weighted by Crippen LogP contribution is 2.38. The average Bonchev–Trinajstić information content (AvgIpc) is 3.59. The predicted molar refractivity (Wildman–Crippen MR) is 215 cm³/mol. The molecule has 9 rings (SSSR count). The fourth-order valence-electron chi connectivity index (χ4n) is 7.02. The summed E-state index contributed by atoms with van der Waals surface area (Å²) < 4.78 is 2.21. The first-order valence-electron chi connectivity index (χ1n) is 17.6. The maximum absolute atomic E-state index is 10.4. The van der Waals surface area contributed by atoms with Crippen molar-refractivity contribution < 1.29 is 0 Å². The van der Waals surface area contributed by atoms with Crippen LogP contribution in [0, 0.1) is 34.0 Å². The zero-order valence-electron chi connectivity index (χ0n) is 29.2. The minimum absolute atomic E-state index is 0.401. The Morgan fingerprint density at radius 2 is 0.836 bits per heavy atom. The van der Waals surface area contributed by atoms with E-state index in [1.807, 2.05) is 127 Å². The molecule has 0 atom stereocenters. The van der Waals surface area contributed by atoms with E-state index in [9.17, 15) is 15.8 Å². The van der Waals surface area contributed by atoms with Gasteiger partial charge in [-0.15, -0.1) is 0 Å². The number of hydrogen-bond acceptors (Lipinski definition) is 6. The van der Waals surface area contributed by atoms with Gasteiger partial charge in [-0.2, -0.15) is 15.8 Å². The van der Waals surface area contributed by atoms with E-state index in [2.05, 4.69) is 59.2 Å². The first-order chi connectivity index (χ1) is 27.1. The number of fused-ring (bicyclic) bond motifs is 3. The van der Waals surface area contributed by atoms with Gasteiger partial charge in [-0.25, -0.2) is 15.0 Å². The molecule has 0 radical (unpaired) electrons. The van der Waals surface area contributed by atoms with Gasteiger partial charge in [0.1, 0.15) is 0 Å². The molecule has 0 spiro atoms. The van der Waals surface area contributed by atoms with Crippen LogP contribution in [0.15, 0.2) is 164 Å². The third-order valence-corrected chi connectivity index (χ3v) is 9.78. The Bertz CT molecular complexity index is 2860. The van der Waals surface area contributed by atoms with Crippen molar-refractivity contribution in [1.82, 2.24) is 19.5 Å². The number of aromatic nitrogens is 4. The van der Waals surface area contributed by atoms with E-state index in [0.717, 1.165) is 60.9 Å². The number of benzene rings is 7. The van der Waals surface area contributed by atoms with Gasteiger partial charge in [0.15, 0.2) is 17.5 Å². The molecular formula is C48H27N7. The molecule has 7 nitrogen and oxygen atoms in total. The van der Waals surface area contributed by atoms with Gasteiger partial charge in [0.2, 0.25) is 0 Å². The van der Waals surface area contributed by atoms with Crippen LogP contribution in [0.4, 0.5) is 0 Å². The molecule has 0 amide bonds. The van der Waals surface area contributed by atoms with Crippen molar-refractivity contribution in [2.75, 3.05) is 0 Å². The largest absolute Gasteiger partial charge is 0.309 e. The fourth-order valence-corrected chi connectivity index (χ4v) is 7.02. The second-order valence-electron chi connectivity index (χ2n) is 13.1. The van der Waals surface area contributed by atoms with E-state index in [4.69, 9.17) is 15.0 Å². The molecule has 0 saturated carbocycles. The molecule has 7 aromatic carbocycles. The lowest BCUT2D eigenvalue weighted by atomic mass is 9.99. The summed E-state index contributed by atoms with van der Waals surface area (Å²) in [4.78, 5) is 14.7. The van der Waals surface area contributed by atoms with Gasteiger partial charge in [-0.3, -0.25) is 0 Å². The fraction of sp³-hybridized carbons (Fsp3) is 0. The topological polar surface area (TPSA) is 115 Å². The summed E-state index contributed by atoms with van der Waals surface area (Å²) in [5, 5.41) is 31.2. The van der Waals surface area contributed by atoms with Crippen LogP contribution in [-0.4, -0.2) is 19.5 Å². The van der Waals surface area contributed by atoms with Crippen LogP contribution in [0.1, 0.15) is 16.7 Å². The van der Waals surface area contributed by atoms with E-state index in [0.29, 0.717) is 39.7 Å². The van der Waals surface area contributed by atoms with E-state index < -0.39 is 0 Å². The minimum atomic E-state index is 0.401. The molecule has 0 aliphatic heterocycles. The lowest BCUT2D eigenvalue weighted by Crippen LogP contribution is -2.02. The van der Waals surface area contributed by atoms with Crippen molar-refractivity contribution in [1.29, 1.82) is 15.8 Å². The van der Waals surface area contributed by atoms with Gasteiger partial charge in [0.25, 0.3) is 0 Å². The molecule has 0 aliphatic rings. The Morgan fingerprint density at radius 1 is 0.382 bits per heavy atom. The summed E-state index contributed by atoms with van der Waals surface area (Å²) in [5.41, 5.74) is 10.8. The molecule has 254 valence electrons. The quantitative estimate of drug-likeness (QED) is 0.170. The second kappa shape index (κ2) is 13.7. The van der Waals surface area contributed by atoms with Crippen molar-refractivity contribution in [3.05, 3.63) is 180 Å². The van der Waals surface area contributed by atoms with Crippen LogP contribution in [0.3, 0.4) is 0 Å². The minimum Gasteiger partial charge on any atom is -0.309 e. The molecule has 0 unspecified atom stereocenters. The van der Waals surface area contributed by atoms with Crippen LogP contribution in [0.5, 0.6) is 0 Å². The van der Waals surface area contributed by atoms with Gasteiger partial charge in [-0.1, -0.05) is 97.1 Å². The monoisotopic (exact) mass is 701 g/mol. The molecule has 55 heavy (non-hydrogen) atoms. The molecule has 7 heteroatoms. The molecule has 0 saturated heterocycles. The highest BCUT2D eigenvalue weighted by atomic mass is 15.0. The van der Waals surface area contributed by atoms with Crippen molar-refractivity contribution >= 4 is 21.8 Å². The van der Waals surface area contributed by atoms with Crippen LogP contribution in [0.2, 0.25) is 0 Å². The molecular weight excluding hydrogens is 675 g/mol. The number of rotatable bonds is 6. The highest BCUT2D eigenvalue weighted by Gasteiger charge is 2.19. The normalized spacial score (nSPS) is 10.9. The Morgan fingerprint density at radius 3 is 1.29 bits per heavy atom. The summed E-state index contributed by atoms with van der Waals surface area (Å²) >= 11 is 0. The van der Waals surface area contributed by atoms with Crippen LogP contribution in [-0.2, 0) is 0 Å². The zero-order valence-corrected chi connectivity index (χ0v) is 29.2. The third kappa shape index (κ3) is 6.03. The van der Waals surface area contributed by atoms with Crippen molar-refractivity contribution in [2.45, 2.75) is 0 Å². The summed E-state index contributed by atoms with van der Waals surface area (Å²) in [6, 6.07) is 60.1. The first-order valence-corrected chi connectivity index (χ1v) is 17.6. The van der Waals surface area contributed by atoms with E-state index in [1.54, 1.807) is 0 Å². The van der Waals surface area contributed by atoms with E-state index >= 15 is 0 Å². The molecule has 2 heterocycles. The molecule has 0 aliphatic carbocycles. The Hall–Kier alpha value is -8.18. The summed E-state index contributed by atoms with van der Waals surface area (Å²) in [5.74, 6) is 1.43. The van der Waals surface area contributed by atoms with Gasteiger partial charge in [0.05, 0.1) is 45.9 Å². The third-order valence-electron chi connectivity index (χ3n) is 9.78. The zero-order chi connectivity index (χ0) is 37.3. The Kier molecular flexibility index (Phi) is 8.18. The average molecular weight is 702 g/mol. The summed E-state index contributed by atoms with van der Waals surface area (Å²) in [6.07, 6.45) is 0. The number of nitriles is 3. The summed E-state index contributed by atoms with van der Waals surface area (Å²) in [7, 11) is 0. The molecule has 0 N–H and O–H groups in total. The Labute approximate surface area is 316 Å².